The van der Waals surface area contributed by atoms with Crippen LogP contribution < -0.4 is 0 Å². The van der Waals surface area contributed by atoms with Crippen LogP contribution in [0.3, 0.4) is 0 Å². The molecule has 1 aromatic rings. The zero-order chi connectivity index (χ0) is 9.40. The molecule has 0 radical (unpaired) electrons. The molecule has 0 heterocycles. The standard InChI is InChI=1S/C7H8.C4H10O/c1-7-5-3-2-4-6-7;1-4(2)3-5/h2-6H,1H3;4-5H,3H2,1-2H3. The molecule has 0 saturated carbocycles. The average Bonchev–Trinajstić information content (AvgIpc) is 2.07. The monoisotopic (exact) mass is 166 g/mol. The van der Waals surface area contributed by atoms with E-state index in [1.54, 1.807) is 0 Å². The van der Waals surface area contributed by atoms with Crippen molar-refractivity contribution in [2.24, 2.45) is 5.92 Å². The molecule has 0 spiro atoms. The molecule has 0 saturated heterocycles. The minimum Gasteiger partial charge on any atom is -0.396 e. The van der Waals surface area contributed by atoms with Gasteiger partial charge in [-0.3, -0.25) is 0 Å². The van der Waals surface area contributed by atoms with Crippen molar-refractivity contribution in [1.29, 1.82) is 0 Å². The lowest BCUT2D eigenvalue weighted by molar-refractivity contribution is 0.248. The third-order valence-electron chi connectivity index (χ3n) is 1.31. The van der Waals surface area contributed by atoms with Crippen LogP contribution in [0.2, 0.25) is 0 Å². The van der Waals surface area contributed by atoms with Crippen molar-refractivity contribution in [2.75, 3.05) is 6.61 Å². The molecule has 0 aliphatic rings. The van der Waals surface area contributed by atoms with Crippen molar-refractivity contribution >= 4 is 0 Å². The van der Waals surface area contributed by atoms with Crippen molar-refractivity contribution in [3.8, 4) is 0 Å². The lowest BCUT2D eigenvalue weighted by Crippen LogP contribution is -1.90. The van der Waals surface area contributed by atoms with Crippen molar-refractivity contribution in [3.05, 3.63) is 35.9 Å². The molecule has 1 N–H and O–H groups in total. The lowest BCUT2D eigenvalue weighted by Gasteiger charge is -1.90. The summed E-state index contributed by atoms with van der Waals surface area (Å²) in [7, 11) is 0. The number of aryl methyl sites for hydroxylation is 1. The third kappa shape index (κ3) is 7.29. The fraction of sp³-hybridized carbons (Fsp3) is 0.455. The van der Waals surface area contributed by atoms with Gasteiger partial charge in [0.1, 0.15) is 0 Å². The van der Waals surface area contributed by atoms with Crippen LogP contribution in [0.1, 0.15) is 19.4 Å². The minimum absolute atomic E-state index is 0.306. The molecule has 1 aromatic carbocycles. The number of aliphatic hydroxyl groups excluding tert-OH is 1. The predicted molar refractivity (Wildman–Crippen MR) is 53.1 cm³/mol. The molecule has 0 aliphatic carbocycles. The van der Waals surface area contributed by atoms with Gasteiger partial charge in [0.25, 0.3) is 0 Å². The molecule has 0 amide bonds. The van der Waals surface area contributed by atoms with Gasteiger partial charge in [-0.2, -0.15) is 0 Å². The van der Waals surface area contributed by atoms with E-state index < -0.39 is 0 Å². The lowest BCUT2D eigenvalue weighted by atomic mass is 10.2. The van der Waals surface area contributed by atoms with Gasteiger partial charge in [-0.25, -0.2) is 0 Å². The maximum Gasteiger partial charge on any atom is 0.0453 e. The number of hydrogen-bond acceptors (Lipinski definition) is 1. The summed E-state index contributed by atoms with van der Waals surface area (Å²) in [4.78, 5) is 0. The summed E-state index contributed by atoms with van der Waals surface area (Å²) in [5, 5.41) is 8.14. The Morgan fingerprint density at radius 3 is 1.75 bits per heavy atom. The average molecular weight is 166 g/mol. The van der Waals surface area contributed by atoms with Gasteiger partial charge >= 0.3 is 0 Å². The largest absolute Gasteiger partial charge is 0.396 e. The molecule has 0 atom stereocenters. The number of hydrogen-bond donors (Lipinski definition) is 1. The van der Waals surface area contributed by atoms with Gasteiger partial charge in [0, 0.05) is 6.61 Å². The maximum atomic E-state index is 8.14. The molecule has 0 aromatic heterocycles. The highest BCUT2D eigenvalue weighted by Gasteiger charge is 1.81. The second-order valence-corrected chi connectivity index (χ2v) is 3.23. The van der Waals surface area contributed by atoms with Crippen molar-refractivity contribution in [1.82, 2.24) is 0 Å². The number of rotatable bonds is 1. The minimum atomic E-state index is 0.306. The zero-order valence-electron chi connectivity index (χ0n) is 8.12. The Balaban J connectivity index is 0.000000217. The van der Waals surface area contributed by atoms with Crippen molar-refractivity contribution in [2.45, 2.75) is 20.8 Å². The molecule has 12 heavy (non-hydrogen) atoms. The fourth-order valence-corrected chi connectivity index (χ4v) is 0.534. The van der Waals surface area contributed by atoms with Crippen LogP contribution in [-0.4, -0.2) is 11.7 Å². The van der Waals surface area contributed by atoms with Crippen LogP contribution in [0, 0.1) is 12.8 Å². The van der Waals surface area contributed by atoms with Gasteiger partial charge in [-0.05, 0) is 12.8 Å². The van der Waals surface area contributed by atoms with Crippen LogP contribution in [0.25, 0.3) is 0 Å². The molecule has 1 heteroatoms. The molecule has 1 nitrogen and oxygen atoms in total. The van der Waals surface area contributed by atoms with Gasteiger partial charge in [0.2, 0.25) is 0 Å². The number of benzene rings is 1. The van der Waals surface area contributed by atoms with E-state index in [1.807, 2.05) is 32.0 Å². The highest BCUT2D eigenvalue weighted by atomic mass is 16.3. The fourth-order valence-electron chi connectivity index (χ4n) is 0.534. The summed E-state index contributed by atoms with van der Waals surface area (Å²) in [6, 6.07) is 10.3. The smallest absolute Gasteiger partial charge is 0.0453 e. The number of aliphatic hydroxyl groups is 1. The van der Waals surface area contributed by atoms with Gasteiger partial charge < -0.3 is 5.11 Å². The Bertz CT molecular complexity index is 179. The molecule has 0 unspecified atom stereocenters. The third-order valence-corrected chi connectivity index (χ3v) is 1.31. The normalized spacial score (nSPS) is 9.08. The first-order valence-corrected chi connectivity index (χ1v) is 4.29. The van der Waals surface area contributed by atoms with Gasteiger partial charge in [0.15, 0.2) is 0 Å². The van der Waals surface area contributed by atoms with Gasteiger partial charge in [-0.15, -0.1) is 0 Å². The van der Waals surface area contributed by atoms with Crippen LogP contribution in [0.5, 0.6) is 0 Å². The summed E-state index contributed by atoms with van der Waals surface area (Å²) in [5.74, 6) is 0.440. The SMILES string of the molecule is CC(C)CO.Cc1ccccc1. The molecule has 68 valence electrons. The summed E-state index contributed by atoms with van der Waals surface area (Å²) in [6.07, 6.45) is 0. The second-order valence-electron chi connectivity index (χ2n) is 3.23. The predicted octanol–water partition coefficient (Wildman–Crippen LogP) is 2.63. The molecular formula is C11H18O. The highest BCUT2D eigenvalue weighted by Crippen LogP contribution is 1.92. The summed E-state index contributed by atoms with van der Waals surface area (Å²) in [5.41, 5.74) is 1.32. The van der Waals surface area contributed by atoms with Crippen molar-refractivity contribution in [3.63, 3.8) is 0 Å². The van der Waals surface area contributed by atoms with Crippen LogP contribution in [0.15, 0.2) is 30.3 Å². The van der Waals surface area contributed by atoms with Crippen LogP contribution in [0.4, 0.5) is 0 Å². The Morgan fingerprint density at radius 2 is 1.58 bits per heavy atom. The molecular weight excluding hydrogens is 148 g/mol. The first-order valence-electron chi connectivity index (χ1n) is 4.29. The first kappa shape index (κ1) is 11.2. The Labute approximate surface area is 75.1 Å². The zero-order valence-corrected chi connectivity index (χ0v) is 8.12. The summed E-state index contributed by atoms with van der Waals surface area (Å²) >= 11 is 0. The molecule has 0 fully saturated rings. The Kier molecular flexibility index (Phi) is 6.39. The van der Waals surface area contributed by atoms with E-state index in [2.05, 4.69) is 19.1 Å². The molecule has 1 rings (SSSR count). The Morgan fingerprint density at radius 1 is 1.17 bits per heavy atom. The van der Waals surface area contributed by atoms with E-state index in [9.17, 15) is 0 Å². The van der Waals surface area contributed by atoms with Crippen LogP contribution >= 0.6 is 0 Å². The maximum absolute atomic E-state index is 8.14. The first-order chi connectivity index (χ1) is 5.66. The van der Waals surface area contributed by atoms with E-state index in [-0.39, 0.29) is 0 Å². The molecule has 0 bridgehead atoms. The molecule has 0 aliphatic heterocycles. The van der Waals surface area contributed by atoms with E-state index in [4.69, 9.17) is 5.11 Å². The van der Waals surface area contributed by atoms with Crippen LogP contribution in [-0.2, 0) is 0 Å². The van der Waals surface area contributed by atoms with Crippen molar-refractivity contribution < 1.29 is 5.11 Å². The summed E-state index contributed by atoms with van der Waals surface area (Å²) in [6.45, 7) is 6.33. The van der Waals surface area contributed by atoms with E-state index in [0.717, 1.165) is 0 Å². The highest BCUT2D eigenvalue weighted by molar-refractivity contribution is 5.11. The second kappa shape index (κ2) is 6.86. The van der Waals surface area contributed by atoms with E-state index >= 15 is 0 Å². The topological polar surface area (TPSA) is 20.2 Å². The van der Waals surface area contributed by atoms with E-state index in [1.165, 1.54) is 5.56 Å². The summed E-state index contributed by atoms with van der Waals surface area (Å²) < 4.78 is 0. The Hall–Kier alpha value is -0.820. The quantitative estimate of drug-likeness (QED) is 0.680. The van der Waals surface area contributed by atoms with E-state index in [0.29, 0.717) is 12.5 Å². The van der Waals surface area contributed by atoms with Gasteiger partial charge in [-0.1, -0.05) is 49.7 Å². The van der Waals surface area contributed by atoms with Gasteiger partial charge in [0.05, 0.1) is 0 Å².